The average molecular weight is 350 g/mol. The Morgan fingerprint density at radius 3 is 2.54 bits per heavy atom. The number of fused-ring (bicyclic) bond motifs is 1. The number of unbranched alkanes of at least 4 members (excludes halogenated alkanes) is 1. The van der Waals surface area contributed by atoms with Gasteiger partial charge in [0.05, 0.1) is 6.10 Å². The van der Waals surface area contributed by atoms with Crippen molar-refractivity contribution in [3.8, 4) is 16.9 Å². The van der Waals surface area contributed by atoms with Crippen LogP contribution >= 0.6 is 0 Å². The highest BCUT2D eigenvalue weighted by atomic mass is 19.1. The summed E-state index contributed by atoms with van der Waals surface area (Å²) >= 11 is 0. The van der Waals surface area contributed by atoms with Gasteiger partial charge in [0.25, 0.3) is 0 Å². The van der Waals surface area contributed by atoms with E-state index < -0.39 is 5.82 Å². The lowest BCUT2D eigenvalue weighted by Crippen LogP contribution is -1.97. The number of halogens is 1. The molecule has 26 heavy (non-hydrogen) atoms. The van der Waals surface area contributed by atoms with Gasteiger partial charge in [-0.3, -0.25) is 0 Å². The Kier molecular flexibility index (Phi) is 5.69. The van der Waals surface area contributed by atoms with E-state index in [2.05, 4.69) is 18.2 Å². The van der Waals surface area contributed by atoms with Crippen molar-refractivity contribution in [2.75, 3.05) is 0 Å². The maximum atomic E-state index is 14.1. The average Bonchev–Trinajstić information content (AvgIpc) is 2.61. The van der Waals surface area contributed by atoms with E-state index in [0.29, 0.717) is 5.56 Å². The number of benzene rings is 3. The summed E-state index contributed by atoms with van der Waals surface area (Å²) < 4.78 is 14.1. The summed E-state index contributed by atoms with van der Waals surface area (Å²) in [7, 11) is 0. The molecule has 2 nitrogen and oxygen atoms in total. The monoisotopic (exact) mass is 350 g/mol. The van der Waals surface area contributed by atoms with Crippen molar-refractivity contribution >= 4 is 16.8 Å². The molecule has 0 aromatic heterocycles. The Hall–Kier alpha value is -2.65. The van der Waals surface area contributed by atoms with Gasteiger partial charge in [-0.1, -0.05) is 36.4 Å². The second kappa shape index (κ2) is 8.15. The lowest BCUT2D eigenvalue weighted by molar-refractivity contribution is 0.182. The van der Waals surface area contributed by atoms with E-state index in [-0.39, 0.29) is 11.9 Å². The standard InChI is InChI=1S/C23H23FO2/c1-16(25)5-3-2-4-6-17-7-8-19-14-20(10-9-18(19)13-17)22-12-11-21(26)15-23(22)24/h4,6-16,25-26H,2-3,5H2,1H3. The molecule has 0 aliphatic heterocycles. The van der Waals surface area contributed by atoms with Crippen LogP contribution in [0.3, 0.4) is 0 Å². The summed E-state index contributed by atoms with van der Waals surface area (Å²) in [5.41, 5.74) is 2.39. The topological polar surface area (TPSA) is 40.5 Å². The molecule has 3 heteroatoms. The van der Waals surface area contributed by atoms with Gasteiger partial charge >= 0.3 is 0 Å². The van der Waals surface area contributed by atoms with Crippen LogP contribution < -0.4 is 0 Å². The minimum atomic E-state index is -0.430. The van der Waals surface area contributed by atoms with Gasteiger partial charge in [0.15, 0.2) is 0 Å². The second-order valence-corrected chi connectivity index (χ2v) is 6.67. The van der Waals surface area contributed by atoms with Crippen LogP contribution in [-0.4, -0.2) is 16.3 Å². The summed E-state index contributed by atoms with van der Waals surface area (Å²) in [6, 6.07) is 16.3. The van der Waals surface area contributed by atoms with Crippen LogP contribution in [0.25, 0.3) is 28.0 Å². The van der Waals surface area contributed by atoms with Gasteiger partial charge in [0.1, 0.15) is 11.6 Å². The van der Waals surface area contributed by atoms with Crippen LogP contribution in [0.15, 0.2) is 60.7 Å². The van der Waals surface area contributed by atoms with Crippen LogP contribution in [0, 0.1) is 5.82 Å². The number of aliphatic hydroxyl groups is 1. The SMILES string of the molecule is CC(O)CCCC=Cc1ccc2cc(-c3ccc(O)cc3F)ccc2c1. The van der Waals surface area contributed by atoms with Crippen LogP contribution in [-0.2, 0) is 0 Å². The molecular weight excluding hydrogens is 327 g/mol. The molecule has 1 unspecified atom stereocenters. The Bertz CT molecular complexity index is 929. The third-order valence-corrected chi connectivity index (χ3v) is 4.43. The van der Waals surface area contributed by atoms with Crippen molar-refractivity contribution in [1.29, 1.82) is 0 Å². The fourth-order valence-corrected chi connectivity index (χ4v) is 3.02. The number of aromatic hydroxyl groups is 1. The Morgan fingerprint density at radius 2 is 1.77 bits per heavy atom. The third-order valence-electron chi connectivity index (χ3n) is 4.43. The predicted molar refractivity (Wildman–Crippen MR) is 106 cm³/mol. The Labute approximate surface area is 153 Å². The predicted octanol–water partition coefficient (Wildman–Crippen LogP) is 5.92. The van der Waals surface area contributed by atoms with Crippen LogP contribution in [0.1, 0.15) is 31.7 Å². The minimum absolute atomic E-state index is 0.0723. The first-order valence-corrected chi connectivity index (χ1v) is 8.90. The van der Waals surface area contributed by atoms with Crippen molar-refractivity contribution in [3.63, 3.8) is 0 Å². The van der Waals surface area contributed by atoms with Gasteiger partial charge in [-0.2, -0.15) is 0 Å². The molecule has 3 aromatic carbocycles. The molecule has 3 aromatic rings. The van der Waals surface area contributed by atoms with Crippen LogP contribution in [0.2, 0.25) is 0 Å². The van der Waals surface area contributed by atoms with E-state index in [1.54, 1.807) is 6.07 Å². The molecule has 0 heterocycles. The van der Waals surface area contributed by atoms with E-state index in [1.807, 2.05) is 37.3 Å². The first-order valence-electron chi connectivity index (χ1n) is 8.90. The fourth-order valence-electron chi connectivity index (χ4n) is 3.02. The molecule has 0 aliphatic rings. The van der Waals surface area contributed by atoms with E-state index in [1.165, 1.54) is 6.07 Å². The molecule has 0 saturated carbocycles. The van der Waals surface area contributed by atoms with Crippen molar-refractivity contribution in [3.05, 3.63) is 72.1 Å². The molecule has 134 valence electrons. The second-order valence-electron chi connectivity index (χ2n) is 6.67. The van der Waals surface area contributed by atoms with Crippen molar-refractivity contribution in [2.45, 2.75) is 32.3 Å². The number of phenolic OH excluding ortho intramolecular Hbond substituents is 1. The van der Waals surface area contributed by atoms with Gasteiger partial charge in [-0.25, -0.2) is 4.39 Å². The Morgan fingerprint density at radius 1 is 1.00 bits per heavy atom. The van der Waals surface area contributed by atoms with Crippen molar-refractivity contribution in [2.24, 2.45) is 0 Å². The zero-order valence-corrected chi connectivity index (χ0v) is 14.8. The molecule has 3 rings (SSSR count). The molecular formula is C23H23FO2. The van der Waals surface area contributed by atoms with E-state index >= 15 is 0 Å². The highest BCUT2D eigenvalue weighted by Gasteiger charge is 2.07. The minimum Gasteiger partial charge on any atom is -0.508 e. The third kappa shape index (κ3) is 4.50. The first-order chi connectivity index (χ1) is 12.5. The molecule has 0 saturated heterocycles. The molecule has 0 radical (unpaired) electrons. The van der Waals surface area contributed by atoms with Crippen molar-refractivity contribution < 1.29 is 14.6 Å². The molecule has 0 amide bonds. The van der Waals surface area contributed by atoms with E-state index in [9.17, 15) is 14.6 Å². The number of aliphatic hydroxyl groups excluding tert-OH is 1. The quantitative estimate of drug-likeness (QED) is 0.542. The van der Waals surface area contributed by atoms with Crippen LogP contribution in [0.5, 0.6) is 5.75 Å². The summed E-state index contributed by atoms with van der Waals surface area (Å²) in [6.45, 7) is 1.81. The molecule has 1 atom stereocenters. The largest absolute Gasteiger partial charge is 0.508 e. The first kappa shape index (κ1) is 18.2. The molecule has 0 aliphatic carbocycles. The number of hydrogen-bond donors (Lipinski definition) is 2. The summed E-state index contributed by atoms with van der Waals surface area (Å²) in [5.74, 6) is -0.502. The van der Waals surface area contributed by atoms with Crippen molar-refractivity contribution in [1.82, 2.24) is 0 Å². The zero-order valence-electron chi connectivity index (χ0n) is 14.8. The number of hydrogen-bond acceptors (Lipinski definition) is 2. The van der Waals surface area contributed by atoms with Gasteiger partial charge < -0.3 is 10.2 Å². The maximum Gasteiger partial charge on any atom is 0.134 e. The number of phenols is 1. The number of rotatable bonds is 6. The summed E-state index contributed by atoms with van der Waals surface area (Å²) in [4.78, 5) is 0. The van der Waals surface area contributed by atoms with Gasteiger partial charge in [0.2, 0.25) is 0 Å². The highest BCUT2D eigenvalue weighted by Crippen LogP contribution is 2.29. The lowest BCUT2D eigenvalue weighted by Gasteiger charge is -2.07. The number of allylic oxidation sites excluding steroid dienone is 1. The van der Waals surface area contributed by atoms with Crippen LogP contribution in [0.4, 0.5) is 4.39 Å². The molecule has 0 fully saturated rings. The van der Waals surface area contributed by atoms with Gasteiger partial charge in [0, 0.05) is 11.6 Å². The maximum absolute atomic E-state index is 14.1. The van der Waals surface area contributed by atoms with Gasteiger partial charge in [-0.05, 0) is 72.4 Å². The molecule has 0 spiro atoms. The summed E-state index contributed by atoms with van der Waals surface area (Å²) in [5, 5.41) is 20.8. The van der Waals surface area contributed by atoms with E-state index in [0.717, 1.165) is 47.2 Å². The highest BCUT2D eigenvalue weighted by molar-refractivity contribution is 5.89. The smallest absolute Gasteiger partial charge is 0.134 e. The molecule has 0 bridgehead atoms. The lowest BCUT2D eigenvalue weighted by atomic mass is 9.99. The van der Waals surface area contributed by atoms with E-state index in [4.69, 9.17) is 0 Å². The zero-order chi connectivity index (χ0) is 18.5. The summed E-state index contributed by atoms with van der Waals surface area (Å²) in [6.07, 6.45) is 6.72. The Balaban J connectivity index is 1.78. The normalized spacial score (nSPS) is 12.7. The van der Waals surface area contributed by atoms with Gasteiger partial charge in [-0.15, -0.1) is 0 Å². The fraction of sp³-hybridized carbons (Fsp3) is 0.217. The molecule has 2 N–H and O–H groups in total.